The van der Waals surface area contributed by atoms with E-state index in [0.717, 1.165) is 0 Å². The first-order valence-corrected chi connectivity index (χ1v) is 10.7. The van der Waals surface area contributed by atoms with Gasteiger partial charge in [0, 0.05) is 9.79 Å². The van der Waals surface area contributed by atoms with Gasteiger partial charge in [-0.3, -0.25) is 0 Å². The Morgan fingerprint density at radius 3 is 1.48 bits per heavy atom. The third-order valence-corrected chi connectivity index (χ3v) is 4.59. The van der Waals surface area contributed by atoms with Gasteiger partial charge in [0.25, 0.3) is 0 Å². The summed E-state index contributed by atoms with van der Waals surface area (Å²) in [6.45, 7) is 4.24. The van der Waals surface area contributed by atoms with Gasteiger partial charge >= 0.3 is 0 Å². The predicted octanol–water partition coefficient (Wildman–Crippen LogP) is 6.49. The second-order valence-corrected chi connectivity index (χ2v) is 7.03. The van der Waals surface area contributed by atoms with Gasteiger partial charge in [0.15, 0.2) is 0 Å². The summed E-state index contributed by atoms with van der Waals surface area (Å²) in [5, 5.41) is 0. The molecule has 0 N–H and O–H groups in total. The summed E-state index contributed by atoms with van der Waals surface area (Å²) in [5.74, 6) is 1.24. The monoisotopic (exact) mass is 338 g/mol. The first kappa shape index (κ1) is 20.5. The van der Waals surface area contributed by atoms with Gasteiger partial charge in [-0.2, -0.15) is 11.8 Å². The molecule has 0 bridgehead atoms. The molecule has 2 aromatic carbocycles. The minimum absolute atomic E-state index is 1.24. The Kier molecular flexibility index (Phi) is 14.1. The summed E-state index contributed by atoms with van der Waals surface area (Å²) in [6.07, 6.45) is 6.26. The number of benzene rings is 2. The van der Waals surface area contributed by atoms with Crippen LogP contribution in [0.15, 0.2) is 64.4 Å². The molecule has 0 amide bonds. The highest BCUT2D eigenvalue weighted by Crippen LogP contribution is 2.13. The summed E-state index contributed by atoms with van der Waals surface area (Å²) in [7, 11) is 0. The van der Waals surface area contributed by atoms with Gasteiger partial charge in [-0.1, -0.05) is 42.8 Å². The Morgan fingerprint density at radius 2 is 1.14 bits per heavy atom. The lowest BCUT2D eigenvalue weighted by molar-refractivity contribution is 1.38. The first-order valence-electron chi connectivity index (χ1n) is 6.86. The van der Waals surface area contributed by atoms with Crippen LogP contribution in [-0.4, -0.2) is 24.5 Å². The summed E-state index contributed by atoms with van der Waals surface area (Å²) in [6, 6.07) is 18.9. The molecule has 0 atom stereocenters. The Labute approximate surface area is 143 Å². The van der Waals surface area contributed by atoms with Gasteiger partial charge in [-0.05, 0) is 55.7 Å². The van der Waals surface area contributed by atoms with Crippen molar-refractivity contribution >= 4 is 35.3 Å². The molecule has 0 saturated carbocycles. The second-order valence-electron chi connectivity index (χ2n) is 4.11. The highest BCUT2D eigenvalue weighted by molar-refractivity contribution is 7.99. The molecule has 0 aromatic heterocycles. The van der Waals surface area contributed by atoms with E-state index in [1.807, 2.05) is 30.0 Å². The van der Waals surface area contributed by atoms with E-state index in [0.29, 0.717) is 0 Å². The van der Waals surface area contributed by atoms with Crippen LogP contribution in [0, 0.1) is 6.92 Å². The van der Waals surface area contributed by atoms with E-state index in [4.69, 9.17) is 0 Å². The summed E-state index contributed by atoms with van der Waals surface area (Å²) in [5.41, 5.74) is 1.33. The highest BCUT2D eigenvalue weighted by Gasteiger charge is 1.85. The third kappa shape index (κ3) is 11.8. The van der Waals surface area contributed by atoms with Gasteiger partial charge in [0.1, 0.15) is 0 Å². The molecule has 0 aliphatic carbocycles. The molecule has 0 heterocycles. The van der Waals surface area contributed by atoms with Crippen LogP contribution in [0.25, 0.3) is 0 Å². The van der Waals surface area contributed by atoms with Crippen molar-refractivity contribution in [1.82, 2.24) is 0 Å². The molecular formula is C18H26S3. The quantitative estimate of drug-likeness (QED) is 0.587. The van der Waals surface area contributed by atoms with Gasteiger partial charge in [-0.25, -0.2) is 0 Å². The molecule has 0 radical (unpaired) electrons. The van der Waals surface area contributed by atoms with Crippen molar-refractivity contribution in [2.24, 2.45) is 0 Å². The van der Waals surface area contributed by atoms with Crippen LogP contribution in [0.3, 0.4) is 0 Å². The zero-order valence-electron chi connectivity index (χ0n) is 13.6. The van der Waals surface area contributed by atoms with Gasteiger partial charge in [0.2, 0.25) is 0 Å². The minimum atomic E-state index is 1.24. The van der Waals surface area contributed by atoms with Gasteiger partial charge < -0.3 is 0 Å². The van der Waals surface area contributed by atoms with Crippen LogP contribution in [-0.2, 0) is 0 Å². The maximum absolute atomic E-state index is 2.14. The van der Waals surface area contributed by atoms with Crippen molar-refractivity contribution in [1.29, 1.82) is 0 Å². The summed E-state index contributed by atoms with van der Waals surface area (Å²) in [4.78, 5) is 2.66. The highest BCUT2D eigenvalue weighted by atomic mass is 32.2. The van der Waals surface area contributed by atoms with Crippen molar-refractivity contribution in [3.8, 4) is 0 Å². The fourth-order valence-corrected chi connectivity index (χ4v) is 2.07. The number of thioether (sulfide) groups is 3. The fraction of sp³-hybridized carbons (Fsp3) is 0.333. The summed E-state index contributed by atoms with van der Waals surface area (Å²) < 4.78 is 0. The van der Waals surface area contributed by atoms with E-state index in [1.165, 1.54) is 21.1 Å². The molecule has 116 valence electrons. The lowest BCUT2D eigenvalue weighted by atomic mass is 10.2. The first-order chi connectivity index (χ1) is 10.2. The Bertz CT molecular complexity index is 436. The largest absolute Gasteiger partial charge is 0.166 e. The Balaban J connectivity index is 0.000000308. The second kappa shape index (κ2) is 14.4. The third-order valence-electron chi connectivity index (χ3n) is 2.52. The van der Waals surface area contributed by atoms with E-state index in [-0.39, 0.29) is 0 Å². The topological polar surface area (TPSA) is 0 Å². The molecule has 0 unspecified atom stereocenters. The lowest BCUT2D eigenvalue weighted by Gasteiger charge is -1.93. The molecule has 2 aromatic rings. The van der Waals surface area contributed by atoms with E-state index in [2.05, 4.69) is 69.0 Å². The summed E-state index contributed by atoms with van der Waals surface area (Å²) >= 11 is 5.40. The maximum Gasteiger partial charge on any atom is 0.00693 e. The van der Waals surface area contributed by atoms with Crippen LogP contribution in [0.5, 0.6) is 0 Å². The van der Waals surface area contributed by atoms with Gasteiger partial charge in [0.05, 0.1) is 0 Å². The van der Waals surface area contributed by atoms with Crippen LogP contribution in [0.4, 0.5) is 0 Å². The van der Waals surface area contributed by atoms with Crippen LogP contribution in [0.1, 0.15) is 12.5 Å². The molecule has 21 heavy (non-hydrogen) atoms. The normalized spacial score (nSPS) is 9.00. The number of rotatable bonds is 3. The van der Waals surface area contributed by atoms with E-state index in [9.17, 15) is 0 Å². The fourth-order valence-electron chi connectivity index (χ4n) is 1.23. The maximum atomic E-state index is 2.14. The van der Waals surface area contributed by atoms with Crippen LogP contribution < -0.4 is 0 Å². The van der Waals surface area contributed by atoms with Crippen LogP contribution in [0.2, 0.25) is 0 Å². The Morgan fingerprint density at radius 1 is 0.714 bits per heavy atom. The molecule has 0 nitrogen and oxygen atoms in total. The van der Waals surface area contributed by atoms with E-state index < -0.39 is 0 Å². The van der Waals surface area contributed by atoms with Gasteiger partial charge in [-0.15, -0.1) is 23.5 Å². The SMILES string of the molecule is CCSC.CSc1ccc(C)cc1.CSc1ccccc1. The molecule has 0 saturated heterocycles. The zero-order valence-corrected chi connectivity index (χ0v) is 16.1. The van der Waals surface area contributed by atoms with Crippen LogP contribution >= 0.6 is 35.3 Å². The lowest BCUT2D eigenvalue weighted by Crippen LogP contribution is -1.70. The number of hydrogen-bond donors (Lipinski definition) is 0. The van der Waals surface area contributed by atoms with Crippen molar-refractivity contribution < 1.29 is 0 Å². The average Bonchev–Trinajstić information content (AvgIpc) is 2.57. The Hall–Kier alpha value is -0.510. The van der Waals surface area contributed by atoms with Crippen molar-refractivity contribution in [2.75, 3.05) is 24.5 Å². The average molecular weight is 339 g/mol. The zero-order chi connectivity index (χ0) is 15.9. The predicted molar refractivity (Wildman–Crippen MR) is 105 cm³/mol. The molecule has 0 aliphatic rings. The van der Waals surface area contributed by atoms with Crippen molar-refractivity contribution in [2.45, 2.75) is 23.6 Å². The molecule has 0 aliphatic heterocycles. The van der Waals surface area contributed by atoms with Crippen molar-refractivity contribution in [3.05, 3.63) is 60.2 Å². The molecule has 2 rings (SSSR count). The molecular weight excluding hydrogens is 312 g/mol. The number of hydrogen-bond acceptors (Lipinski definition) is 3. The minimum Gasteiger partial charge on any atom is -0.166 e. The van der Waals surface area contributed by atoms with Crippen molar-refractivity contribution in [3.63, 3.8) is 0 Å². The smallest absolute Gasteiger partial charge is 0.00693 e. The van der Waals surface area contributed by atoms with E-state index >= 15 is 0 Å². The molecule has 0 spiro atoms. The standard InChI is InChI=1S/C8H10S.C7H8S.C3H8S/c1-7-3-5-8(9-2)6-4-7;1-8-7-5-3-2-4-6-7;1-3-4-2/h3-6H,1-2H3;2-6H,1H3;3H2,1-2H3. The van der Waals surface area contributed by atoms with E-state index in [1.54, 1.807) is 23.5 Å². The molecule has 0 fully saturated rings. The number of aryl methyl sites for hydroxylation is 1. The molecule has 3 heteroatoms.